The van der Waals surface area contributed by atoms with E-state index in [-0.39, 0.29) is 5.92 Å². The molecule has 0 spiro atoms. The van der Waals surface area contributed by atoms with Crippen molar-refractivity contribution in [3.63, 3.8) is 0 Å². The number of anilines is 1. The van der Waals surface area contributed by atoms with Crippen molar-refractivity contribution in [2.24, 2.45) is 5.92 Å². The third-order valence-electron chi connectivity index (χ3n) is 3.17. The molecule has 0 heterocycles. The van der Waals surface area contributed by atoms with Crippen molar-refractivity contribution in [3.8, 4) is 0 Å². The van der Waals surface area contributed by atoms with E-state index in [9.17, 15) is 14.3 Å². The molecule has 1 atom stereocenters. The van der Waals surface area contributed by atoms with Crippen LogP contribution in [0, 0.1) is 11.7 Å². The van der Waals surface area contributed by atoms with Crippen LogP contribution in [0.1, 0.15) is 38.2 Å². The lowest BCUT2D eigenvalue weighted by Crippen LogP contribution is -2.22. The second kappa shape index (κ2) is 5.66. The Bertz CT molecular complexity index is 402. The van der Waals surface area contributed by atoms with Gasteiger partial charge in [0.2, 0.25) is 0 Å². The zero-order valence-electron chi connectivity index (χ0n) is 10.1. The summed E-state index contributed by atoms with van der Waals surface area (Å²) in [4.78, 5) is 11.3. The van der Waals surface area contributed by atoms with E-state index in [1.165, 1.54) is 18.2 Å². The molecule has 0 saturated heterocycles. The molecule has 0 bridgehead atoms. The number of carboxylic acids is 1. The lowest BCUT2D eigenvalue weighted by Gasteiger charge is -2.23. The number of nitrogens with two attached hydrogens (primary N) is 1. The molecule has 17 heavy (non-hydrogen) atoms. The molecule has 1 aromatic carbocycles. The molecule has 0 aromatic heterocycles. The zero-order valence-corrected chi connectivity index (χ0v) is 10.1. The van der Waals surface area contributed by atoms with E-state index in [4.69, 9.17) is 5.73 Å². The minimum Gasteiger partial charge on any atom is -0.481 e. The van der Waals surface area contributed by atoms with E-state index in [1.54, 1.807) is 0 Å². The number of hydrogen-bond acceptors (Lipinski definition) is 2. The van der Waals surface area contributed by atoms with Gasteiger partial charge in [0.1, 0.15) is 5.82 Å². The Hall–Kier alpha value is -1.58. The summed E-state index contributed by atoms with van der Waals surface area (Å²) in [7, 11) is 0. The number of rotatable bonds is 5. The van der Waals surface area contributed by atoms with Crippen LogP contribution in [0.5, 0.6) is 0 Å². The van der Waals surface area contributed by atoms with Crippen LogP contribution in [0.25, 0.3) is 0 Å². The lowest BCUT2D eigenvalue weighted by atomic mass is 9.82. The van der Waals surface area contributed by atoms with Gasteiger partial charge in [0, 0.05) is 5.69 Å². The van der Waals surface area contributed by atoms with E-state index in [0.717, 1.165) is 12.8 Å². The average Bonchev–Trinajstić information content (AvgIpc) is 2.29. The molecule has 0 aliphatic carbocycles. The van der Waals surface area contributed by atoms with E-state index in [1.807, 2.05) is 13.8 Å². The van der Waals surface area contributed by atoms with Crippen molar-refractivity contribution in [3.05, 3.63) is 29.6 Å². The topological polar surface area (TPSA) is 63.3 Å². The van der Waals surface area contributed by atoms with Crippen molar-refractivity contribution in [1.82, 2.24) is 0 Å². The minimum atomic E-state index is -0.948. The van der Waals surface area contributed by atoms with Gasteiger partial charge in [-0.15, -0.1) is 0 Å². The predicted octanol–water partition coefficient (Wildman–Crippen LogP) is 3.01. The highest BCUT2D eigenvalue weighted by Crippen LogP contribution is 2.33. The fraction of sp³-hybridized carbons (Fsp3) is 0.462. The molecule has 1 aromatic rings. The van der Waals surface area contributed by atoms with Gasteiger partial charge in [-0.05, 0) is 29.7 Å². The first-order chi connectivity index (χ1) is 8.01. The van der Waals surface area contributed by atoms with Crippen LogP contribution in [0.2, 0.25) is 0 Å². The van der Waals surface area contributed by atoms with E-state index >= 15 is 0 Å². The van der Waals surface area contributed by atoms with E-state index in [0.29, 0.717) is 11.3 Å². The largest absolute Gasteiger partial charge is 0.481 e. The number of benzene rings is 1. The van der Waals surface area contributed by atoms with Crippen LogP contribution in [-0.4, -0.2) is 11.1 Å². The van der Waals surface area contributed by atoms with Crippen LogP contribution >= 0.6 is 0 Å². The summed E-state index contributed by atoms with van der Waals surface area (Å²) in [6, 6.07) is 3.89. The second-order valence-corrected chi connectivity index (χ2v) is 4.17. The fourth-order valence-corrected chi connectivity index (χ4v) is 2.16. The van der Waals surface area contributed by atoms with Gasteiger partial charge in [0.15, 0.2) is 0 Å². The Balaban J connectivity index is 3.22. The van der Waals surface area contributed by atoms with E-state index in [2.05, 4.69) is 0 Å². The quantitative estimate of drug-likeness (QED) is 0.776. The minimum absolute atomic E-state index is 0.0309. The van der Waals surface area contributed by atoms with Gasteiger partial charge < -0.3 is 10.8 Å². The number of hydrogen-bond donors (Lipinski definition) is 2. The standard InChI is InChI=1S/C13H18FNO2/c1-3-8(4-2)12(13(16)17)10-7-9(14)5-6-11(10)15/h5-8,12H,3-4,15H2,1-2H3,(H,16,17). The highest BCUT2D eigenvalue weighted by atomic mass is 19.1. The molecule has 0 fully saturated rings. The summed E-state index contributed by atoms with van der Waals surface area (Å²) in [5.41, 5.74) is 6.46. The molecule has 0 aliphatic heterocycles. The summed E-state index contributed by atoms with van der Waals surface area (Å²) < 4.78 is 13.2. The van der Waals surface area contributed by atoms with Gasteiger partial charge in [0.05, 0.1) is 5.92 Å². The summed E-state index contributed by atoms with van der Waals surface area (Å²) >= 11 is 0. The smallest absolute Gasteiger partial charge is 0.311 e. The molecule has 3 N–H and O–H groups in total. The van der Waals surface area contributed by atoms with Crippen molar-refractivity contribution in [2.45, 2.75) is 32.6 Å². The average molecular weight is 239 g/mol. The Morgan fingerprint density at radius 2 is 2.00 bits per heavy atom. The number of carbonyl (C=O) groups is 1. The highest BCUT2D eigenvalue weighted by Gasteiger charge is 2.29. The van der Waals surface area contributed by atoms with Crippen LogP contribution in [0.3, 0.4) is 0 Å². The monoisotopic (exact) mass is 239 g/mol. The zero-order chi connectivity index (χ0) is 13.0. The van der Waals surface area contributed by atoms with Gasteiger partial charge >= 0.3 is 5.97 Å². The molecule has 0 radical (unpaired) electrons. The van der Waals surface area contributed by atoms with Crippen LogP contribution in [0.4, 0.5) is 10.1 Å². The van der Waals surface area contributed by atoms with Gasteiger partial charge in [-0.3, -0.25) is 4.79 Å². The van der Waals surface area contributed by atoms with Crippen LogP contribution in [-0.2, 0) is 4.79 Å². The van der Waals surface area contributed by atoms with Crippen molar-refractivity contribution < 1.29 is 14.3 Å². The molecule has 0 saturated carbocycles. The number of aliphatic carboxylic acids is 1. The molecule has 94 valence electrons. The van der Waals surface area contributed by atoms with Crippen molar-refractivity contribution in [1.29, 1.82) is 0 Å². The van der Waals surface area contributed by atoms with Gasteiger partial charge in [-0.2, -0.15) is 0 Å². The fourth-order valence-electron chi connectivity index (χ4n) is 2.16. The van der Waals surface area contributed by atoms with Crippen molar-refractivity contribution in [2.75, 3.05) is 5.73 Å². The highest BCUT2D eigenvalue weighted by molar-refractivity contribution is 5.79. The molecule has 1 rings (SSSR count). The van der Waals surface area contributed by atoms with Crippen LogP contribution in [0.15, 0.2) is 18.2 Å². The van der Waals surface area contributed by atoms with Gasteiger partial charge in [0.25, 0.3) is 0 Å². The third kappa shape index (κ3) is 2.96. The Labute approximate surface area is 100 Å². The summed E-state index contributed by atoms with van der Waals surface area (Å²) in [5, 5.41) is 9.30. The molecular weight excluding hydrogens is 221 g/mol. The number of halogens is 1. The third-order valence-corrected chi connectivity index (χ3v) is 3.17. The second-order valence-electron chi connectivity index (χ2n) is 4.17. The van der Waals surface area contributed by atoms with Crippen LogP contribution < -0.4 is 5.73 Å². The molecule has 4 heteroatoms. The van der Waals surface area contributed by atoms with Crippen molar-refractivity contribution >= 4 is 11.7 Å². The Morgan fingerprint density at radius 1 is 1.41 bits per heavy atom. The Kier molecular flexibility index (Phi) is 4.49. The van der Waals surface area contributed by atoms with Gasteiger partial charge in [-0.25, -0.2) is 4.39 Å². The Morgan fingerprint density at radius 3 is 2.47 bits per heavy atom. The molecule has 1 unspecified atom stereocenters. The number of nitrogen functional groups attached to an aromatic ring is 1. The lowest BCUT2D eigenvalue weighted by molar-refractivity contribution is -0.140. The normalized spacial score (nSPS) is 12.7. The van der Waals surface area contributed by atoms with E-state index < -0.39 is 17.7 Å². The first-order valence-electron chi connectivity index (χ1n) is 5.78. The predicted molar refractivity (Wildman–Crippen MR) is 65.3 cm³/mol. The summed E-state index contributed by atoms with van der Waals surface area (Å²) in [6.45, 7) is 3.86. The molecule has 3 nitrogen and oxygen atoms in total. The summed E-state index contributed by atoms with van der Waals surface area (Å²) in [6.07, 6.45) is 1.45. The summed E-state index contributed by atoms with van der Waals surface area (Å²) in [5.74, 6) is -2.17. The maximum Gasteiger partial charge on any atom is 0.311 e. The molecule has 0 aliphatic rings. The molecular formula is C13H18FNO2. The number of carboxylic acid groups (broad SMARTS) is 1. The first-order valence-corrected chi connectivity index (χ1v) is 5.78. The maximum absolute atomic E-state index is 13.2. The molecule has 0 amide bonds. The maximum atomic E-state index is 13.2. The van der Waals surface area contributed by atoms with Gasteiger partial charge in [-0.1, -0.05) is 26.7 Å². The first kappa shape index (κ1) is 13.5. The SMILES string of the molecule is CCC(CC)C(C(=O)O)c1cc(F)ccc1N.